The average Bonchev–Trinajstić information content (AvgIpc) is 2.87. The Balaban J connectivity index is 1.46. The lowest BCUT2D eigenvalue weighted by atomic mass is 9.96. The fourth-order valence-corrected chi connectivity index (χ4v) is 2.73. The molecule has 1 saturated heterocycles. The first-order valence-electron chi connectivity index (χ1n) is 7.98. The lowest BCUT2D eigenvalue weighted by Crippen LogP contribution is -2.29. The van der Waals surface area contributed by atoms with Crippen LogP contribution in [0.25, 0.3) is 0 Å². The van der Waals surface area contributed by atoms with Crippen LogP contribution in [-0.4, -0.2) is 41.3 Å². The minimum absolute atomic E-state index is 0.00115. The first kappa shape index (κ1) is 15.2. The summed E-state index contributed by atoms with van der Waals surface area (Å²) < 4.78 is 5.83. The second kappa shape index (κ2) is 7.07. The Morgan fingerprint density at radius 1 is 1.45 bits per heavy atom. The molecule has 2 heterocycles. The zero-order valence-electron chi connectivity index (χ0n) is 12.6. The summed E-state index contributed by atoms with van der Waals surface area (Å²) in [4.78, 5) is 16.2. The Hall–Kier alpha value is -1.66. The molecule has 6 nitrogen and oxygen atoms in total. The second-order valence-electron chi connectivity index (χ2n) is 6.12. The number of β-amino-alcohol motifs (C(OH)–C–C–N with tert-alkyl or cyclic N) is 1. The van der Waals surface area contributed by atoms with Gasteiger partial charge in [-0.3, -0.25) is 9.78 Å². The molecular formula is C16H23N3O3. The van der Waals surface area contributed by atoms with Gasteiger partial charge in [-0.15, -0.1) is 0 Å². The van der Waals surface area contributed by atoms with E-state index in [4.69, 9.17) is 4.74 Å². The van der Waals surface area contributed by atoms with E-state index < -0.39 is 6.10 Å². The lowest BCUT2D eigenvalue weighted by molar-refractivity contribution is -0.122. The van der Waals surface area contributed by atoms with E-state index in [1.54, 1.807) is 6.20 Å². The van der Waals surface area contributed by atoms with Gasteiger partial charge in [-0.25, -0.2) is 0 Å². The summed E-state index contributed by atoms with van der Waals surface area (Å²) in [6, 6.07) is 3.73. The number of rotatable bonds is 6. The quantitative estimate of drug-likeness (QED) is 0.717. The van der Waals surface area contributed by atoms with E-state index in [1.807, 2.05) is 12.1 Å². The molecule has 3 rings (SSSR count). The van der Waals surface area contributed by atoms with E-state index in [9.17, 15) is 9.90 Å². The molecule has 6 heteroatoms. The van der Waals surface area contributed by atoms with Crippen molar-refractivity contribution in [3.05, 3.63) is 24.0 Å². The number of ether oxygens (including phenoxy) is 1. The number of aliphatic hydroxyl groups excluding tert-OH is 1. The largest absolute Gasteiger partial charge is 0.490 e. The van der Waals surface area contributed by atoms with Gasteiger partial charge in [0.1, 0.15) is 5.75 Å². The normalized spacial score (nSPS) is 24.8. The number of pyridine rings is 1. The molecule has 0 radical (unpaired) electrons. The number of nitrogens with zero attached hydrogens (tertiary/aromatic N) is 1. The van der Waals surface area contributed by atoms with Crippen LogP contribution in [0.3, 0.4) is 0 Å². The maximum atomic E-state index is 11.9. The second-order valence-corrected chi connectivity index (χ2v) is 6.12. The Morgan fingerprint density at radius 3 is 3.00 bits per heavy atom. The highest BCUT2D eigenvalue weighted by atomic mass is 16.5. The number of amides is 1. The number of aromatic nitrogens is 1. The molecular weight excluding hydrogens is 282 g/mol. The van der Waals surface area contributed by atoms with Gasteiger partial charge in [-0.05, 0) is 25.3 Å². The van der Waals surface area contributed by atoms with Crippen LogP contribution in [0.2, 0.25) is 0 Å². The topological polar surface area (TPSA) is 83.5 Å². The average molecular weight is 305 g/mol. The van der Waals surface area contributed by atoms with E-state index in [2.05, 4.69) is 15.6 Å². The molecule has 2 atom stereocenters. The van der Waals surface area contributed by atoms with Crippen molar-refractivity contribution in [1.82, 2.24) is 15.6 Å². The smallest absolute Gasteiger partial charge is 0.220 e. The molecule has 120 valence electrons. The molecule has 22 heavy (non-hydrogen) atoms. The zero-order valence-corrected chi connectivity index (χ0v) is 12.6. The fourth-order valence-electron chi connectivity index (χ4n) is 2.73. The van der Waals surface area contributed by atoms with Crippen molar-refractivity contribution in [2.75, 3.05) is 13.1 Å². The van der Waals surface area contributed by atoms with Gasteiger partial charge in [-0.2, -0.15) is 0 Å². The first-order valence-corrected chi connectivity index (χ1v) is 7.98. The minimum Gasteiger partial charge on any atom is -0.490 e. The molecule has 1 aromatic heterocycles. The number of nitrogens with one attached hydrogen (secondary N) is 2. The summed E-state index contributed by atoms with van der Waals surface area (Å²) in [6.45, 7) is 1.65. The van der Waals surface area contributed by atoms with Gasteiger partial charge in [0, 0.05) is 37.7 Å². The molecule has 1 aliphatic heterocycles. The van der Waals surface area contributed by atoms with Crippen LogP contribution in [-0.2, 0) is 11.3 Å². The highest BCUT2D eigenvalue weighted by molar-refractivity contribution is 5.76. The molecule has 0 spiro atoms. The summed E-state index contributed by atoms with van der Waals surface area (Å²) in [5.41, 5.74) is 0.787. The maximum absolute atomic E-state index is 11.9. The highest BCUT2D eigenvalue weighted by Crippen LogP contribution is 2.25. The van der Waals surface area contributed by atoms with Crippen LogP contribution in [0.15, 0.2) is 18.3 Å². The van der Waals surface area contributed by atoms with Gasteiger partial charge in [0.05, 0.1) is 24.4 Å². The molecule has 0 aromatic carbocycles. The van der Waals surface area contributed by atoms with E-state index in [1.165, 1.54) is 6.42 Å². The molecule has 1 aliphatic carbocycles. The van der Waals surface area contributed by atoms with E-state index in [0.29, 0.717) is 32.2 Å². The van der Waals surface area contributed by atoms with Crippen LogP contribution in [0, 0.1) is 5.92 Å². The number of carbonyl (C=O) groups excluding carboxylic acids is 1. The number of hydrogen-bond donors (Lipinski definition) is 3. The van der Waals surface area contributed by atoms with Crippen LogP contribution in [0.1, 0.15) is 31.4 Å². The van der Waals surface area contributed by atoms with Crippen LogP contribution >= 0.6 is 0 Å². The highest BCUT2D eigenvalue weighted by Gasteiger charge is 2.26. The van der Waals surface area contributed by atoms with E-state index in [-0.39, 0.29) is 11.8 Å². The summed E-state index contributed by atoms with van der Waals surface area (Å²) in [6.07, 6.45) is 5.43. The van der Waals surface area contributed by atoms with Crippen molar-refractivity contribution in [2.45, 2.75) is 44.4 Å². The van der Waals surface area contributed by atoms with Gasteiger partial charge < -0.3 is 20.5 Å². The van der Waals surface area contributed by atoms with Crippen molar-refractivity contribution < 1.29 is 14.6 Å². The number of aliphatic hydroxyl groups is 1. The van der Waals surface area contributed by atoms with Crippen molar-refractivity contribution in [3.8, 4) is 5.75 Å². The van der Waals surface area contributed by atoms with Crippen molar-refractivity contribution in [1.29, 1.82) is 0 Å². The molecule has 1 saturated carbocycles. The summed E-state index contributed by atoms with van der Waals surface area (Å²) >= 11 is 0. The molecule has 0 bridgehead atoms. The molecule has 1 aromatic rings. The van der Waals surface area contributed by atoms with Gasteiger partial charge in [-0.1, -0.05) is 0 Å². The predicted molar refractivity (Wildman–Crippen MR) is 81.3 cm³/mol. The van der Waals surface area contributed by atoms with E-state index >= 15 is 0 Å². The third-order valence-electron chi connectivity index (χ3n) is 4.36. The third kappa shape index (κ3) is 3.96. The Labute approximate surface area is 130 Å². The fraction of sp³-hybridized carbons (Fsp3) is 0.625. The zero-order chi connectivity index (χ0) is 15.4. The summed E-state index contributed by atoms with van der Waals surface area (Å²) in [5, 5.41) is 15.6. The SMILES string of the molecule is O=C(C[C@@H]1CNC[C@H]1O)NCc1cc(OC2CCC2)ccn1. The number of carbonyl (C=O) groups is 1. The van der Waals surface area contributed by atoms with Crippen molar-refractivity contribution >= 4 is 5.91 Å². The predicted octanol–water partition coefficient (Wildman–Crippen LogP) is 0.599. The van der Waals surface area contributed by atoms with Crippen LogP contribution < -0.4 is 15.4 Å². The first-order chi connectivity index (χ1) is 10.7. The molecule has 2 aliphatic rings. The molecule has 0 unspecified atom stereocenters. The minimum atomic E-state index is -0.428. The van der Waals surface area contributed by atoms with Crippen molar-refractivity contribution in [3.63, 3.8) is 0 Å². The van der Waals surface area contributed by atoms with Crippen molar-refractivity contribution in [2.24, 2.45) is 5.92 Å². The maximum Gasteiger partial charge on any atom is 0.220 e. The summed E-state index contributed by atoms with van der Waals surface area (Å²) in [7, 11) is 0. The van der Waals surface area contributed by atoms with E-state index in [0.717, 1.165) is 24.3 Å². The molecule has 3 N–H and O–H groups in total. The lowest BCUT2D eigenvalue weighted by Gasteiger charge is -2.26. The van der Waals surface area contributed by atoms with Gasteiger partial charge in [0.15, 0.2) is 0 Å². The van der Waals surface area contributed by atoms with Gasteiger partial charge in [0.2, 0.25) is 5.91 Å². The third-order valence-corrected chi connectivity index (χ3v) is 4.36. The monoisotopic (exact) mass is 305 g/mol. The Kier molecular flexibility index (Phi) is 4.90. The molecule has 1 amide bonds. The molecule has 2 fully saturated rings. The Bertz CT molecular complexity index is 519. The summed E-state index contributed by atoms with van der Waals surface area (Å²) in [5.74, 6) is 0.764. The standard InChI is InChI=1S/C16H23N3O3/c20-15-10-17-8-11(15)6-16(21)19-9-12-7-14(4-5-18-12)22-13-2-1-3-13/h4-5,7,11,13,15,17,20H,1-3,6,8-10H2,(H,19,21)/t11-,15-/m1/s1. The van der Waals surface area contributed by atoms with Gasteiger partial charge in [0.25, 0.3) is 0 Å². The van der Waals surface area contributed by atoms with Gasteiger partial charge >= 0.3 is 0 Å². The van der Waals surface area contributed by atoms with Crippen LogP contribution in [0.4, 0.5) is 0 Å². The van der Waals surface area contributed by atoms with Crippen LogP contribution in [0.5, 0.6) is 5.75 Å². The Morgan fingerprint density at radius 2 is 2.32 bits per heavy atom. The number of hydrogen-bond acceptors (Lipinski definition) is 5.